The van der Waals surface area contributed by atoms with Gasteiger partial charge in [-0.25, -0.2) is 10.0 Å². The Morgan fingerprint density at radius 3 is 2.73 bits per heavy atom. The maximum atomic E-state index is 11.9. The Morgan fingerprint density at radius 1 is 1.40 bits per heavy atom. The van der Waals surface area contributed by atoms with Crippen molar-refractivity contribution >= 4 is 5.91 Å². The number of hydrogen-bond acceptors (Lipinski definition) is 4. The lowest BCUT2D eigenvalue weighted by Gasteiger charge is -2.24. The smallest absolute Gasteiger partial charge is 0.315 e. The zero-order chi connectivity index (χ0) is 10.8. The second-order valence-electron chi connectivity index (χ2n) is 3.60. The molecule has 2 rings (SSSR count). The van der Waals surface area contributed by atoms with Gasteiger partial charge in [0.25, 0.3) is 0 Å². The summed E-state index contributed by atoms with van der Waals surface area (Å²) in [6, 6.07) is 0. The standard InChI is InChI=1S/C10H14N2O3/c1-7-9(15-8(2)11-7)10(13)12-5-3-4-6-14-12/h3-6H2,1-2H3. The normalized spacial score (nSPS) is 16.8. The Hall–Kier alpha value is -1.36. The first kappa shape index (κ1) is 10.2. The number of hydrogen-bond donors (Lipinski definition) is 0. The number of nitrogens with zero attached hydrogens (tertiary/aromatic N) is 2. The molecule has 0 unspecified atom stereocenters. The highest BCUT2D eigenvalue weighted by molar-refractivity contribution is 5.91. The summed E-state index contributed by atoms with van der Waals surface area (Å²) < 4.78 is 5.25. The van der Waals surface area contributed by atoms with Gasteiger partial charge in [-0.1, -0.05) is 0 Å². The Balaban J connectivity index is 2.16. The topological polar surface area (TPSA) is 55.6 Å². The number of aromatic nitrogens is 1. The number of aryl methyl sites for hydroxylation is 2. The number of carbonyl (C=O) groups excluding carboxylic acids is 1. The first-order valence-corrected chi connectivity index (χ1v) is 5.07. The fourth-order valence-corrected chi connectivity index (χ4v) is 1.60. The van der Waals surface area contributed by atoms with E-state index in [1.54, 1.807) is 13.8 Å². The lowest BCUT2D eigenvalue weighted by molar-refractivity contribution is -0.145. The molecule has 1 amide bonds. The first-order chi connectivity index (χ1) is 7.18. The lowest BCUT2D eigenvalue weighted by atomic mass is 10.3. The van der Waals surface area contributed by atoms with Crippen LogP contribution in [0.3, 0.4) is 0 Å². The highest BCUT2D eigenvalue weighted by Gasteiger charge is 2.24. The van der Waals surface area contributed by atoms with E-state index in [1.165, 1.54) is 5.06 Å². The third-order valence-corrected chi connectivity index (χ3v) is 2.33. The average Bonchev–Trinajstić information content (AvgIpc) is 2.58. The monoisotopic (exact) mass is 210 g/mol. The van der Waals surface area contributed by atoms with Gasteiger partial charge in [0.05, 0.1) is 12.3 Å². The van der Waals surface area contributed by atoms with Crippen LogP contribution in [0.4, 0.5) is 0 Å². The number of carbonyl (C=O) groups is 1. The number of oxazole rings is 1. The molecule has 1 aromatic heterocycles. The molecule has 82 valence electrons. The molecule has 1 aliphatic heterocycles. The largest absolute Gasteiger partial charge is 0.435 e. The highest BCUT2D eigenvalue weighted by Crippen LogP contribution is 2.15. The first-order valence-electron chi connectivity index (χ1n) is 5.07. The van der Waals surface area contributed by atoms with Gasteiger partial charge < -0.3 is 4.42 Å². The van der Waals surface area contributed by atoms with Gasteiger partial charge in [0, 0.05) is 13.5 Å². The quantitative estimate of drug-likeness (QED) is 0.704. The summed E-state index contributed by atoms with van der Waals surface area (Å²) in [6.07, 6.45) is 1.97. The summed E-state index contributed by atoms with van der Waals surface area (Å²) in [6.45, 7) is 4.70. The third-order valence-electron chi connectivity index (χ3n) is 2.33. The second kappa shape index (κ2) is 4.02. The van der Waals surface area contributed by atoms with E-state index in [0.29, 0.717) is 24.7 Å². The molecule has 0 N–H and O–H groups in total. The molecule has 0 atom stereocenters. The minimum absolute atomic E-state index is 0.229. The van der Waals surface area contributed by atoms with Gasteiger partial charge in [0.2, 0.25) is 5.76 Å². The molecular weight excluding hydrogens is 196 g/mol. The molecule has 2 heterocycles. The summed E-state index contributed by atoms with van der Waals surface area (Å²) in [5, 5.41) is 1.36. The zero-order valence-electron chi connectivity index (χ0n) is 8.95. The van der Waals surface area contributed by atoms with Crippen molar-refractivity contribution in [1.29, 1.82) is 0 Å². The Bertz CT molecular complexity index is 367. The molecule has 0 saturated carbocycles. The Labute approximate surface area is 88.0 Å². The lowest BCUT2D eigenvalue weighted by Crippen LogP contribution is -2.35. The molecule has 0 aliphatic carbocycles. The van der Waals surface area contributed by atoms with Gasteiger partial charge in [-0.15, -0.1) is 0 Å². The van der Waals surface area contributed by atoms with Gasteiger partial charge in [-0.3, -0.25) is 9.63 Å². The van der Waals surface area contributed by atoms with E-state index in [9.17, 15) is 4.79 Å². The van der Waals surface area contributed by atoms with Crippen LogP contribution in [0.2, 0.25) is 0 Å². The summed E-state index contributed by atoms with van der Waals surface area (Å²) in [7, 11) is 0. The van der Waals surface area contributed by atoms with Gasteiger partial charge in [-0.2, -0.15) is 0 Å². The molecule has 0 radical (unpaired) electrons. The van der Waals surface area contributed by atoms with Crippen LogP contribution >= 0.6 is 0 Å². The van der Waals surface area contributed by atoms with Crippen molar-refractivity contribution < 1.29 is 14.0 Å². The summed E-state index contributed by atoms with van der Waals surface area (Å²) in [4.78, 5) is 21.2. The van der Waals surface area contributed by atoms with E-state index in [-0.39, 0.29) is 11.7 Å². The van der Waals surface area contributed by atoms with Crippen LogP contribution in [0.1, 0.15) is 35.0 Å². The number of hydroxylamine groups is 2. The third kappa shape index (κ3) is 2.02. The predicted octanol–water partition coefficient (Wildman–Crippen LogP) is 1.46. The predicted molar refractivity (Wildman–Crippen MR) is 52.2 cm³/mol. The van der Waals surface area contributed by atoms with Crippen molar-refractivity contribution in [2.45, 2.75) is 26.7 Å². The van der Waals surface area contributed by atoms with E-state index in [4.69, 9.17) is 9.25 Å². The maximum Gasteiger partial charge on any atom is 0.315 e. The molecule has 0 spiro atoms. The van der Waals surface area contributed by atoms with Crippen LogP contribution in [0.5, 0.6) is 0 Å². The van der Waals surface area contributed by atoms with Crippen molar-refractivity contribution in [3.05, 3.63) is 17.3 Å². The molecule has 5 heteroatoms. The van der Waals surface area contributed by atoms with Crippen LogP contribution in [-0.2, 0) is 4.84 Å². The number of amides is 1. The van der Waals surface area contributed by atoms with Crippen molar-refractivity contribution in [3.8, 4) is 0 Å². The van der Waals surface area contributed by atoms with Crippen LogP contribution in [-0.4, -0.2) is 29.1 Å². The van der Waals surface area contributed by atoms with Crippen molar-refractivity contribution in [3.63, 3.8) is 0 Å². The van der Waals surface area contributed by atoms with E-state index < -0.39 is 0 Å². The molecule has 1 aromatic rings. The molecule has 1 aliphatic rings. The maximum absolute atomic E-state index is 11.9. The van der Waals surface area contributed by atoms with Crippen LogP contribution < -0.4 is 0 Å². The van der Waals surface area contributed by atoms with E-state index in [1.807, 2.05) is 0 Å². The molecule has 5 nitrogen and oxygen atoms in total. The minimum Gasteiger partial charge on any atom is -0.435 e. The number of rotatable bonds is 1. The molecular formula is C10H14N2O3. The van der Waals surface area contributed by atoms with E-state index in [2.05, 4.69) is 4.98 Å². The van der Waals surface area contributed by atoms with Gasteiger partial charge in [0.15, 0.2) is 5.89 Å². The van der Waals surface area contributed by atoms with E-state index in [0.717, 1.165) is 12.8 Å². The summed E-state index contributed by atoms with van der Waals surface area (Å²) >= 11 is 0. The summed E-state index contributed by atoms with van der Waals surface area (Å²) in [5.41, 5.74) is 0.617. The van der Waals surface area contributed by atoms with Crippen molar-refractivity contribution in [2.75, 3.05) is 13.2 Å². The van der Waals surface area contributed by atoms with Crippen molar-refractivity contribution in [2.24, 2.45) is 0 Å². The fourth-order valence-electron chi connectivity index (χ4n) is 1.60. The molecule has 1 saturated heterocycles. The van der Waals surface area contributed by atoms with E-state index >= 15 is 0 Å². The van der Waals surface area contributed by atoms with Crippen LogP contribution in [0, 0.1) is 13.8 Å². The van der Waals surface area contributed by atoms with Crippen LogP contribution in [0.15, 0.2) is 4.42 Å². The molecule has 0 aromatic carbocycles. The Kier molecular flexibility index (Phi) is 2.73. The van der Waals surface area contributed by atoms with Gasteiger partial charge in [0.1, 0.15) is 0 Å². The minimum atomic E-state index is -0.229. The fraction of sp³-hybridized carbons (Fsp3) is 0.600. The van der Waals surface area contributed by atoms with Gasteiger partial charge in [-0.05, 0) is 19.8 Å². The average molecular weight is 210 g/mol. The molecule has 15 heavy (non-hydrogen) atoms. The van der Waals surface area contributed by atoms with Gasteiger partial charge >= 0.3 is 5.91 Å². The second-order valence-corrected chi connectivity index (χ2v) is 3.60. The zero-order valence-corrected chi connectivity index (χ0v) is 8.95. The van der Waals surface area contributed by atoms with Crippen LogP contribution in [0.25, 0.3) is 0 Å². The molecule has 0 bridgehead atoms. The molecule has 1 fully saturated rings. The van der Waals surface area contributed by atoms with Crippen molar-refractivity contribution in [1.82, 2.24) is 10.0 Å². The summed E-state index contributed by atoms with van der Waals surface area (Å²) in [5.74, 6) is 0.565. The highest BCUT2D eigenvalue weighted by atomic mass is 16.7. The SMILES string of the molecule is Cc1nc(C)c(C(=O)N2CCCCO2)o1. The Morgan fingerprint density at radius 2 is 2.20 bits per heavy atom.